The Morgan fingerprint density at radius 2 is 1.96 bits per heavy atom. The molecule has 3 N–H and O–H groups in total. The van der Waals surface area contributed by atoms with Crippen molar-refractivity contribution in [2.45, 2.75) is 43.9 Å². The summed E-state index contributed by atoms with van der Waals surface area (Å²) in [7, 11) is 0. The van der Waals surface area contributed by atoms with E-state index in [2.05, 4.69) is 17.2 Å². The normalized spacial score (nSPS) is 23.2. The first-order valence-corrected chi connectivity index (χ1v) is 10.1. The number of aliphatic hydroxyl groups excluding tert-OH is 1. The van der Waals surface area contributed by atoms with Crippen molar-refractivity contribution in [3.8, 4) is 11.5 Å². The third-order valence-corrected chi connectivity index (χ3v) is 5.31. The first kappa shape index (κ1) is 20.5. The molecule has 1 heterocycles. The fourth-order valence-corrected chi connectivity index (χ4v) is 3.81. The summed E-state index contributed by atoms with van der Waals surface area (Å²) in [4.78, 5) is 13.7. The Bertz CT molecular complexity index is 646. The van der Waals surface area contributed by atoms with Crippen molar-refractivity contribution in [3.05, 3.63) is 36.9 Å². The van der Waals surface area contributed by atoms with Crippen LogP contribution in [0.25, 0.3) is 0 Å². The number of benzene rings is 1. The van der Waals surface area contributed by atoms with Gasteiger partial charge in [-0.25, -0.2) is 4.79 Å². The lowest BCUT2D eigenvalue weighted by Gasteiger charge is -2.34. The molecule has 1 aliphatic carbocycles. The number of para-hydroxylation sites is 2. The van der Waals surface area contributed by atoms with Crippen LogP contribution >= 0.6 is 0 Å². The summed E-state index contributed by atoms with van der Waals surface area (Å²) in [5.74, 6) is 1.26. The molecule has 0 aromatic heterocycles. The molecule has 1 unspecified atom stereocenters. The minimum absolute atomic E-state index is 0.0707. The monoisotopic (exact) mass is 389 g/mol. The highest BCUT2D eigenvalue weighted by molar-refractivity contribution is 5.76. The number of ether oxygens (including phenoxy) is 2. The number of carbonyl (C=O) groups excluding carboxylic acids is 1. The highest BCUT2D eigenvalue weighted by atomic mass is 16.5. The Morgan fingerprint density at radius 3 is 2.61 bits per heavy atom. The van der Waals surface area contributed by atoms with Crippen LogP contribution in [0.15, 0.2) is 36.9 Å². The molecule has 0 radical (unpaired) electrons. The van der Waals surface area contributed by atoms with Crippen molar-refractivity contribution in [1.82, 2.24) is 15.5 Å². The van der Waals surface area contributed by atoms with E-state index >= 15 is 0 Å². The standard InChI is InChI=1S/C21H31N3O4/c1-2-13-27-19-5-3-4-6-20(19)28-15-18(25)14-23-16-7-9-17(10-8-16)24-12-11-22-21(24)26/h2-6,16-18,23,25H,1,7-15H2,(H,22,26). The van der Waals surface area contributed by atoms with Gasteiger partial charge in [-0.05, 0) is 37.8 Å². The van der Waals surface area contributed by atoms with Crippen LogP contribution in [-0.4, -0.2) is 67.1 Å². The minimum Gasteiger partial charge on any atom is -0.487 e. The van der Waals surface area contributed by atoms with Gasteiger partial charge in [0.25, 0.3) is 0 Å². The Morgan fingerprint density at radius 1 is 1.25 bits per heavy atom. The molecule has 154 valence electrons. The van der Waals surface area contributed by atoms with Gasteiger partial charge in [-0.3, -0.25) is 0 Å². The number of aliphatic hydroxyl groups is 1. The predicted octanol–water partition coefficient (Wildman–Crippen LogP) is 1.92. The van der Waals surface area contributed by atoms with Gasteiger partial charge in [0.1, 0.15) is 19.3 Å². The maximum atomic E-state index is 11.8. The van der Waals surface area contributed by atoms with Crippen molar-refractivity contribution >= 4 is 6.03 Å². The highest BCUT2D eigenvalue weighted by Gasteiger charge is 2.31. The first-order chi connectivity index (χ1) is 13.7. The average Bonchev–Trinajstić information content (AvgIpc) is 3.16. The van der Waals surface area contributed by atoms with Crippen molar-refractivity contribution in [1.29, 1.82) is 0 Å². The third-order valence-electron chi connectivity index (χ3n) is 5.31. The molecule has 7 nitrogen and oxygen atoms in total. The van der Waals surface area contributed by atoms with Crippen LogP contribution < -0.4 is 20.1 Å². The Labute approximate surface area is 166 Å². The fraction of sp³-hybridized carbons (Fsp3) is 0.571. The summed E-state index contributed by atoms with van der Waals surface area (Å²) in [5, 5.41) is 16.6. The quantitative estimate of drug-likeness (QED) is 0.533. The molecule has 1 saturated heterocycles. The number of amides is 2. The predicted molar refractivity (Wildman–Crippen MR) is 108 cm³/mol. The van der Waals surface area contributed by atoms with Gasteiger partial charge in [-0.2, -0.15) is 0 Å². The van der Waals surface area contributed by atoms with E-state index in [1.807, 2.05) is 29.2 Å². The largest absolute Gasteiger partial charge is 0.487 e. The highest BCUT2D eigenvalue weighted by Crippen LogP contribution is 2.27. The molecular formula is C21H31N3O4. The van der Waals surface area contributed by atoms with E-state index in [0.29, 0.717) is 36.7 Å². The zero-order chi connectivity index (χ0) is 19.8. The summed E-state index contributed by atoms with van der Waals surface area (Å²) in [6.07, 6.45) is 5.12. The lowest BCUT2D eigenvalue weighted by molar-refractivity contribution is 0.0975. The summed E-state index contributed by atoms with van der Waals surface area (Å²) in [6, 6.07) is 8.21. The number of urea groups is 1. The van der Waals surface area contributed by atoms with E-state index in [4.69, 9.17) is 9.47 Å². The zero-order valence-corrected chi connectivity index (χ0v) is 16.3. The Hall–Kier alpha value is -2.25. The van der Waals surface area contributed by atoms with Crippen LogP contribution in [0, 0.1) is 0 Å². The van der Waals surface area contributed by atoms with Crippen molar-refractivity contribution in [2.75, 3.05) is 32.8 Å². The van der Waals surface area contributed by atoms with Crippen LogP contribution in [0.5, 0.6) is 11.5 Å². The SMILES string of the molecule is C=CCOc1ccccc1OCC(O)CNC1CCC(N2CCNC2=O)CC1. The molecule has 3 rings (SSSR count). The Kier molecular flexibility index (Phi) is 7.56. The molecular weight excluding hydrogens is 358 g/mol. The molecule has 0 spiro atoms. The number of nitrogens with zero attached hydrogens (tertiary/aromatic N) is 1. The molecule has 2 amide bonds. The van der Waals surface area contributed by atoms with E-state index in [0.717, 1.165) is 38.8 Å². The summed E-state index contributed by atoms with van der Waals surface area (Å²) in [5.41, 5.74) is 0. The topological polar surface area (TPSA) is 83.1 Å². The van der Waals surface area contributed by atoms with E-state index in [9.17, 15) is 9.90 Å². The third kappa shape index (κ3) is 5.62. The molecule has 1 saturated carbocycles. The van der Waals surface area contributed by atoms with Gasteiger partial charge in [0.2, 0.25) is 0 Å². The molecule has 28 heavy (non-hydrogen) atoms. The molecule has 1 atom stereocenters. The van der Waals surface area contributed by atoms with Gasteiger partial charge in [-0.15, -0.1) is 0 Å². The lowest BCUT2D eigenvalue weighted by Crippen LogP contribution is -2.45. The van der Waals surface area contributed by atoms with Crippen molar-refractivity contribution in [3.63, 3.8) is 0 Å². The van der Waals surface area contributed by atoms with Gasteiger partial charge in [0.05, 0.1) is 0 Å². The second-order valence-electron chi connectivity index (χ2n) is 7.35. The molecule has 2 fully saturated rings. The van der Waals surface area contributed by atoms with Gasteiger partial charge in [-0.1, -0.05) is 24.8 Å². The number of nitrogens with one attached hydrogen (secondary N) is 2. The van der Waals surface area contributed by atoms with Crippen molar-refractivity contribution < 1.29 is 19.4 Å². The van der Waals surface area contributed by atoms with E-state index in [-0.39, 0.29) is 12.6 Å². The van der Waals surface area contributed by atoms with Gasteiger partial charge < -0.3 is 30.1 Å². The van der Waals surface area contributed by atoms with Gasteiger partial charge >= 0.3 is 6.03 Å². The number of hydrogen-bond donors (Lipinski definition) is 3. The van der Waals surface area contributed by atoms with Gasteiger partial charge in [0.15, 0.2) is 11.5 Å². The van der Waals surface area contributed by atoms with Crippen LogP contribution in [0.2, 0.25) is 0 Å². The smallest absolute Gasteiger partial charge is 0.317 e. The molecule has 1 aliphatic heterocycles. The minimum atomic E-state index is -0.602. The van der Waals surface area contributed by atoms with E-state index in [1.165, 1.54) is 0 Å². The van der Waals surface area contributed by atoms with Crippen molar-refractivity contribution in [2.24, 2.45) is 0 Å². The molecule has 1 aromatic carbocycles. The average molecular weight is 389 g/mol. The number of hydrogen-bond acceptors (Lipinski definition) is 5. The van der Waals surface area contributed by atoms with Crippen LogP contribution in [0.3, 0.4) is 0 Å². The number of carbonyl (C=O) groups is 1. The second kappa shape index (κ2) is 10.3. The van der Waals surface area contributed by atoms with Crippen LogP contribution in [0.1, 0.15) is 25.7 Å². The van der Waals surface area contributed by atoms with E-state index < -0.39 is 6.10 Å². The molecule has 2 aliphatic rings. The lowest BCUT2D eigenvalue weighted by atomic mass is 9.90. The summed E-state index contributed by atoms with van der Waals surface area (Å²) >= 11 is 0. The Balaban J connectivity index is 1.36. The first-order valence-electron chi connectivity index (χ1n) is 10.1. The molecule has 0 bridgehead atoms. The van der Waals surface area contributed by atoms with Crippen LogP contribution in [-0.2, 0) is 0 Å². The van der Waals surface area contributed by atoms with E-state index in [1.54, 1.807) is 6.08 Å². The van der Waals surface area contributed by atoms with Crippen LogP contribution in [0.4, 0.5) is 4.79 Å². The van der Waals surface area contributed by atoms with Gasteiger partial charge in [0, 0.05) is 31.7 Å². The maximum Gasteiger partial charge on any atom is 0.317 e. The summed E-state index contributed by atoms with van der Waals surface area (Å²) in [6.45, 7) is 6.30. The molecule has 1 aromatic rings. The fourth-order valence-electron chi connectivity index (χ4n) is 3.81. The summed E-state index contributed by atoms with van der Waals surface area (Å²) < 4.78 is 11.3. The number of rotatable bonds is 10. The maximum absolute atomic E-state index is 11.8. The zero-order valence-electron chi connectivity index (χ0n) is 16.3. The second-order valence-corrected chi connectivity index (χ2v) is 7.35. The molecule has 7 heteroatoms.